The Balaban J connectivity index is 1.04. The molecule has 0 spiro atoms. The van der Waals surface area contributed by atoms with Gasteiger partial charge in [0.1, 0.15) is 5.69 Å². The van der Waals surface area contributed by atoms with E-state index in [1.165, 1.54) is 0 Å². The van der Waals surface area contributed by atoms with Crippen molar-refractivity contribution in [2.45, 2.75) is 12.8 Å². The van der Waals surface area contributed by atoms with Gasteiger partial charge < -0.3 is 14.6 Å². The van der Waals surface area contributed by atoms with Gasteiger partial charge in [0.05, 0.1) is 12.0 Å². The summed E-state index contributed by atoms with van der Waals surface area (Å²) >= 11 is 1.61. The Morgan fingerprint density at radius 2 is 1.88 bits per heavy atom. The predicted molar refractivity (Wildman–Crippen MR) is 132 cm³/mol. The van der Waals surface area contributed by atoms with Gasteiger partial charge in [0, 0.05) is 48.0 Å². The number of thiazole rings is 1. The molecule has 4 aromatic heterocycles. The summed E-state index contributed by atoms with van der Waals surface area (Å²) in [4.78, 5) is 20.6. The molecule has 0 saturated carbocycles. The zero-order valence-corrected chi connectivity index (χ0v) is 19.1. The first kappa shape index (κ1) is 20.6. The van der Waals surface area contributed by atoms with E-state index in [0.717, 1.165) is 53.7 Å². The number of amides is 1. The van der Waals surface area contributed by atoms with Crippen LogP contribution in [0.25, 0.3) is 27.7 Å². The van der Waals surface area contributed by atoms with Gasteiger partial charge in [-0.1, -0.05) is 12.1 Å². The molecule has 5 heterocycles. The molecule has 170 valence electrons. The third-order valence-corrected chi connectivity index (χ3v) is 6.93. The molecule has 1 aromatic carbocycles. The van der Waals surface area contributed by atoms with E-state index in [2.05, 4.69) is 25.4 Å². The van der Waals surface area contributed by atoms with Crippen molar-refractivity contribution in [3.8, 4) is 22.7 Å². The molecular weight excluding hydrogens is 448 g/mol. The quantitative estimate of drug-likeness (QED) is 0.390. The van der Waals surface area contributed by atoms with Gasteiger partial charge in [-0.25, -0.2) is 4.98 Å². The number of nitrogens with zero attached hydrogens (tertiary/aromatic N) is 5. The Kier molecular flexibility index (Phi) is 5.31. The minimum absolute atomic E-state index is 0.0220. The molecule has 9 heteroatoms. The molecule has 0 atom stereocenters. The van der Waals surface area contributed by atoms with Gasteiger partial charge in [0.15, 0.2) is 16.5 Å². The van der Waals surface area contributed by atoms with Crippen LogP contribution in [0.3, 0.4) is 0 Å². The van der Waals surface area contributed by atoms with E-state index in [9.17, 15) is 4.79 Å². The standard InChI is InChI=1S/C25H22N6O2S/c32-24(26-19-5-3-17(4-6-19)21-16-31-13-15-34-25(31)27-21)18-9-11-30(12-10-18)23-8-7-20(28-29-23)22-2-1-14-33-22/h1-8,13-16,18H,9-12H2,(H,26,32). The van der Waals surface area contributed by atoms with Gasteiger partial charge in [-0.15, -0.1) is 21.5 Å². The van der Waals surface area contributed by atoms with Crippen LogP contribution in [0.4, 0.5) is 11.5 Å². The third-order valence-electron chi connectivity index (χ3n) is 6.16. The number of piperidine rings is 1. The van der Waals surface area contributed by atoms with Crippen LogP contribution >= 0.6 is 11.3 Å². The van der Waals surface area contributed by atoms with E-state index in [0.29, 0.717) is 11.5 Å². The molecule has 1 fully saturated rings. The smallest absolute Gasteiger partial charge is 0.227 e. The van der Waals surface area contributed by atoms with Crippen molar-refractivity contribution in [3.05, 3.63) is 72.6 Å². The Morgan fingerprint density at radius 1 is 1.03 bits per heavy atom. The molecule has 1 saturated heterocycles. The highest BCUT2D eigenvalue weighted by Gasteiger charge is 2.26. The van der Waals surface area contributed by atoms with Gasteiger partial charge in [-0.3, -0.25) is 9.20 Å². The summed E-state index contributed by atoms with van der Waals surface area (Å²) in [5, 5.41) is 13.7. The fraction of sp³-hybridized carbons (Fsp3) is 0.200. The predicted octanol–water partition coefficient (Wildman–Crippen LogP) is 4.97. The maximum absolute atomic E-state index is 12.8. The molecule has 1 N–H and O–H groups in total. The van der Waals surface area contributed by atoms with E-state index in [1.54, 1.807) is 17.6 Å². The highest BCUT2D eigenvalue weighted by Crippen LogP contribution is 2.26. The number of aromatic nitrogens is 4. The molecule has 34 heavy (non-hydrogen) atoms. The first-order chi connectivity index (χ1) is 16.7. The molecule has 1 aliphatic rings. The summed E-state index contributed by atoms with van der Waals surface area (Å²) < 4.78 is 7.38. The number of hydrogen-bond donors (Lipinski definition) is 1. The molecule has 1 aliphatic heterocycles. The summed E-state index contributed by atoms with van der Waals surface area (Å²) in [6.45, 7) is 1.53. The number of furan rings is 1. The number of hydrogen-bond acceptors (Lipinski definition) is 7. The SMILES string of the molecule is O=C(Nc1ccc(-c2cn3ccsc3n2)cc1)C1CCN(c2ccc(-c3ccco3)nn2)CC1. The lowest BCUT2D eigenvalue weighted by Crippen LogP contribution is -2.38. The van der Waals surface area contributed by atoms with Gasteiger partial charge in [-0.05, 0) is 49.2 Å². The minimum atomic E-state index is -0.0220. The monoisotopic (exact) mass is 470 g/mol. The van der Waals surface area contributed by atoms with Crippen LogP contribution in [0.5, 0.6) is 0 Å². The largest absolute Gasteiger partial charge is 0.463 e. The highest BCUT2D eigenvalue weighted by molar-refractivity contribution is 7.15. The number of rotatable bonds is 5. The van der Waals surface area contributed by atoms with Gasteiger partial charge in [0.2, 0.25) is 5.91 Å². The average molecular weight is 471 g/mol. The number of fused-ring (bicyclic) bond motifs is 1. The van der Waals surface area contributed by atoms with Crippen molar-refractivity contribution < 1.29 is 9.21 Å². The summed E-state index contributed by atoms with van der Waals surface area (Å²) in [6.07, 6.45) is 7.19. The van der Waals surface area contributed by atoms with Crippen LogP contribution < -0.4 is 10.2 Å². The second kappa shape index (κ2) is 8.75. The van der Waals surface area contributed by atoms with Crippen molar-refractivity contribution in [1.29, 1.82) is 0 Å². The second-order valence-electron chi connectivity index (χ2n) is 8.30. The molecule has 0 aliphatic carbocycles. The lowest BCUT2D eigenvalue weighted by molar-refractivity contribution is -0.120. The first-order valence-corrected chi connectivity index (χ1v) is 12.1. The van der Waals surface area contributed by atoms with Crippen LogP contribution in [-0.4, -0.2) is 38.6 Å². The Morgan fingerprint density at radius 3 is 2.59 bits per heavy atom. The number of benzene rings is 1. The summed E-state index contributed by atoms with van der Waals surface area (Å²) in [5.74, 6) is 1.57. The molecular formula is C25H22N6O2S. The number of imidazole rings is 1. The van der Waals surface area contributed by atoms with Crippen LogP contribution in [0.1, 0.15) is 12.8 Å². The molecule has 1 amide bonds. The van der Waals surface area contributed by atoms with Crippen LogP contribution in [0, 0.1) is 5.92 Å². The van der Waals surface area contributed by atoms with Gasteiger partial charge >= 0.3 is 0 Å². The first-order valence-electron chi connectivity index (χ1n) is 11.2. The molecule has 8 nitrogen and oxygen atoms in total. The zero-order valence-electron chi connectivity index (χ0n) is 18.3. The van der Waals surface area contributed by atoms with E-state index >= 15 is 0 Å². The molecule has 6 rings (SSSR count). The van der Waals surface area contributed by atoms with Crippen molar-refractivity contribution in [3.63, 3.8) is 0 Å². The minimum Gasteiger partial charge on any atom is -0.463 e. The summed E-state index contributed by atoms with van der Waals surface area (Å²) in [5.41, 5.74) is 3.47. The van der Waals surface area contributed by atoms with Gasteiger partial charge in [-0.2, -0.15) is 0 Å². The van der Waals surface area contributed by atoms with Crippen molar-refractivity contribution >= 4 is 33.7 Å². The third kappa shape index (κ3) is 4.06. The Bertz CT molecular complexity index is 1370. The number of carbonyl (C=O) groups excluding carboxylic acids is 1. The average Bonchev–Trinajstić information content (AvgIpc) is 3.63. The van der Waals surface area contributed by atoms with Crippen LogP contribution in [-0.2, 0) is 4.79 Å². The maximum atomic E-state index is 12.8. The lowest BCUT2D eigenvalue weighted by atomic mass is 9.95. The Hall–Kier alpha value is -3.98. The maximum Gasteiger partial charge on any atom is 0.227 e. The van der Waals surface area contributed by atoms with Crippen molar-refractivity contribution in [2.24, 2.45) is 5.92 Å². The van der Waals surface area contributed by atoms with Crippen LogP contribution in [0.2, 0.25) is 0 Å². The summed E-state index contributed by atoms with van der Waals surface area (Å²) in [6, 6.07) is 15.4. The Labute approximate surface area is 199 Å². The highest BCUT2D eigenvalue weighted by atomic mass is 32.1. The van der Waals surface area contributed by atoms with Crippen molar-refractivity contribution in [1.82, 2.24) is 19.6 Å². The van der Waals surface area contributed by atoms with Gasteiger partial charge in [0.25, 0.3) is 0 Å². The second-order valence-corrected chi connectivity index (χ2v) is 9.17. The lowest BCUT2D eigenvalue weighted by Gasteiger charge is -2.31. The van der Waals surface area contributed by atoms with E-state index in [-0.39, 0.29) is 11.8 Å². The molecule has 0 bridgehead atoms. The molecule has 0 radical (unpaired) electrons. The topological polar surface area (TPSA) is 88.6 Å². The summed E-state index contributed by atoms with van der Waals surface area (Å²) in [7, 11) is 0. The van der Waals surface area contributed by atoms with Crippen LogP contribution in [0.15, 0.2) is 77.0 Å². The van der Waals surface area contributed by atoms with E-state index < -0.39 is 0 Å². The fourth-order valence-electron chi connectivity index (χ4n) is 4.26. The molecule has 5 aromatic rings. The normalized spacial score (nSPS) is 14.5. The number of anilines is 2. The fourth-order valence-corrected chi connectivity index (χ4v) is 4.96. The number of carbonyl (C=O) groups is 1. The number of nitrogens with one attached hydrogen (secondary N) is 1. The zero-order chi connectivity index (χ0) is 22.9. The van der Waals surface area contributed by atoms with E-state index in [4.69, 9.17) is 4.42 Å². The van der Waals surface area contributed by atoms with Crippen molar-refractivity contribution in [2.75, 3.05) is 23.3 Å². The molecule has 0 unspecified atom stereocenters. The van der Waals surface area contributed by atoms with E-state index in [1.807, 2.05) is 70.7 Å².